The average molecular weight is 254 g/mol. The average Bonchev–Trinajstić information content (AvgIpc) is 2.38. The van der Waals surface area contributed by atoms with Gasteiger partial charge < -0.3 is 15.4 Å². The summed E-state index contributed by atoms with van der Waals surface area (Å²) in [6, 6.07) is 0.411. The Balaban J connectivity index is 1.61. The van der Waals surface area contributed by atoms with Crippen LogP contribution in [0.3, 0.4) is 0 Å². The van der Waals surface area contributed by atoms with Crippen LogP contribution in [0.1, 0.15) is 51.9 Å². The molecule has 2 N–H and O–H groups in total. The minimum absolute atomic E-state index is 0.0149. The van der Waals surface area contributed by atoms with Gasteiger partial charge in [-0.05, 0) is 38.5 Å². The van der Waals surface area contributed by atoms with E-state index < -0.39 is 0 Å². The topological polar surface area (TPSA) is 50.4 Å². The first kappa shape index (κ1) is 13.7. The van der Waals surface area contributed by atoms with Gasteiger partial charge in [0.2, 0.25) is 0 Å². The van der Waals surface area contributed by atoms with Crippen molar-refractivity contribution in [2.24, 2.45) is 5.92 Å². The molecule has 1 heterocycles. The fraction of sp³-hybridized carbons (Fsp3) is 0.929. The fourth-order valence-corrected chi connectivity index (χ4v) is 3.00. The molecule has 2 rings (SSSR count). The largest absolute Gasteiger partial charge is 0.378 e. The van der Waals surface area contributed by atoms with Crippen molar-refractivity contribution in [2.75, 3.05) is 13.2 Å². The minimum Gasteiger partial charge on any atom is -0.378 e. The van der Waals surface area contributed by atoms with E-state index in [0.29, 0.717) is 18.1 Å². The number of ether oxygens (including phenoxy) is 1. The molecule has 104 valence electrons. The van der Waals surface area contributed by atoms with E-state index in [1.54, 1.807) is 0 Å². The number of nitrogens with one attached hydrogen (secondary N) is 2. The third-order valence-electron chi connectivity index (χ3n) is 4.09. The number of hydrogen-bond acceptors (Lipinski definition) is 2. The van der Waals surface area contributed by atoms with Crippen molar-refractivity contribution >= 4 is 6.03 Å². The smallest absolute Gasteiger partial charge is 0.315 e. The van der Waals surface area contributed by atoms with Crippen LogP contribution in [0.25, 0.3) is 0 Å². The Morgan fingerprint density at radius 2 is 2.00 bits per heavy atom. The van der Waals surface area contributed by atoms with Crippen molar-refractivity contribution in [3.05, 3.63) is 0 Å². The summed E-state index contributed by atoms with van der Waals surface area (Å²) in [6.07, 6.45) is 8.57. The Morgan fingerprint density at radius 1 is 1.22 bits per heavy atom. The molecule has 1 aliphatic heterocycles. The minimum atomic E-state index is 0.0149. The van der Waals surface area contributed by atoms with E-state index in [4.69, 9.17) is 4.74 Å². The van der Waals surface area contributed by atoms with Crippen LogP contribution in [0.15, 0.2) is 0 Å². The summed E-state index contributed by atoms with van der Waals surface area (Å²) in [5, 5.41) is 6.10. The third-order valence-corrected chi connectivity index (χ3v) is 4.09. The van der Waals surface area contributed by atoms with Crippen molar-refractivity contribution in [3.63, 3.8) is 0 Å². The highest BCUT2D eigenvalue weighted by atomic mass is 16.5. The molecular formula is C14H26N2O2. The van der Waals surface area contributed by atoms with Crippen LogP contribution in [0.5, 0.6) is 0 Å². The number of carbonyl (C=O) groups excluding carboxylic acids is 1. The van der Waals surface area contributed by atoms with Gasteiger partial charge in [0.15, 0.2) is 0 Å². The Kier molecular flexibility index (Phi) is 5.29. The maximum Gasteiger partial charge on any atom is 0.315 e. The van der Waals surface area contributed by atoms with E-state index in [1.807, 2.05) is 0 Å². The number of rotatable bonds is 3. The summed E-state index contributed by atoms with van der Waals surface area (Å²) in [6.45, 7) is 3.72. The van der Waals surface area contributed by atoms with E-state index in [2.05, 4.69) is 17.6 Å². The van der Waals surface area contributed by atoms with Crippen molar-refractivity contribution < 1.29 is 9.53 Å². The molecule has 4 heteroatoms. The maximum absolute atomic E-state index is 11.8. The van der Waals surface area contributed by atoms with Crippen LogP contribution in [0.4, 0.5) is 4.79 Å². The maximum atomic E-state index is 11.8. The van der Waals surface area contributed by atoms with Crippen LogP contribution in [-0.4, -0.2) is 31.3 Å². The zero-order chi connectivity index (χ0) is 12.8. The number of hydrogen-bond donors (Lipinski definition) is 2. The van der Waals surface area contributed by atoms with Gasteiger partial charge in [-0.1, -0.05) is 19.3 Å². The van der Waals surface area contributed by atoms with Crippen LogP contribution in [-0.2, 0) is 4.74 Å². The molecule has 0 spiro atoms. The second-order valence-electron chi connectivity index (χ2n) is 5.76. The van der Waals surface area contributed by atoms with E-state index in [-0.39, 0.29) is 6.03 Å². The van der Waals surface area contributed by atoms with Gasteiger partial charge in [0.1, 0.15) is 0 Å². The molecule has 2 aliphatic rings. The quantitative estimate of drug-likeness (QED) is 0.812. The fourth-order valence-electron chi connectivity index (χ4n) is 3.00. The van der Waals surface area contributed by atoms with Gasteiger partial charge in [0.25, 0.3) is 0 Å². The molecular weight excluding hydrogens is 228 g/mol. The van der Waals surface area contributed by atoms with E-state index in [0.717, 1.165) is 38.8 Å². The normalized spacial score (nSPS) is 29.8. The summed E-state index contributed by atoms with van der Waals surface area (Å²) in [5.41, 5.74) is 0. The summed E-state index contributed by atoms with van der Waals surface area (Å²) < 4.78 is 5.51. The van der Waals surface area contributed by atoms with E-state index >= 15 is 0 Å². The summed E-state index contributed by atoms with van der Waals surface area (Å²) >= 11 is 0. The summed E-state index contributed by atoms with van der Waals surface area (Å²) in [7, 11) is 0. The molecule has 0 aromatic rings. The van der Waals surface area contributed by atoms with Gasteiger partial charge in [-0.15, -0.1) is 0 Å². The van der Waals surface area contributed by atoms with Crippen LogP contribution in [0.2, 0.25) is 0 Å². The van der Waals surface area contributed by atoms with Gasteiger partial charge in [0, 0.05) is 19.2 Å². The Morgan fingerprint density at radius 3 is 2.72 bits per heavy atom. The lowest BCUT2D eigenvalue weighted by Gasteiger charge is -2.28. The van der Waals surface area contributed by atoms with Crippen molar-refractivity contribution in [2.45, 2.75) is 64.0 Å². The number of urea groups is 1. The molecule has 1 aliphatic carbocycles. The molecule has 2 amide bonds. The predicted molar refractivity (Wildman–Crippen MR) is 71.5 cm³/mol. The first-order valence-corrected chi connectivity index (χ1v) is 7.40. The van der Waals surface area contributed by atoms with Crippen molar-refractivity contribution in [1.29, 1.82) is 0 Å². The van der Waals surface area contributed by atoms with Gasteiger partial charge in [-0.25, -0.2) is 4.79 Å². The highest BCUT2D eigenvalue weighted by molar-refractivity contribution is 5.74. The van der Waals surface area contributed by atoms with Crippen molar-refractivity contribution in [1.82, 2.24) is 10.6 Å². The lowest BCUT2D eigenvalue weighted by molar-refractivity contribution is 0.00344. The lowest BCUT2D eigenvalue weighted by Crippen LogP contribution is -2.45. The van der Waals surface area contributed by atoms with Gasteiger partial charge in [-0.3, -0.25) is 0 Å². The van der Waals surface area contributed by atoms with Gasteiger partial charge in [0.05, 0.1) is 6.10 Å². The predicted octanol–water partition coefficient (Wildman–Crippen LogP) is 2.43. The molecule has 1 saturated carbocycles. The Labute approximate surface area is 110 Å². The van der Waals surface area contributed by atoms with Gasteiger partial charge in [-0.2, -0.15) is 0 Å². The monoisotopic (exact) mass is 254 g/mol. The molecule has 0 aromatic carbocycles. The second-order valence-corrected chi connectivity index (χ2v) is 5.76. The molecule has 2 atom stereocenters. The molecule has 4 nitrogen and oxygen atoms in total. The lowest BCUT2D eigenvalue weighted by atomic mass is 9.95. The van der Waals surface area contributed by atoms with Crippen molar-refractivity contribution in [3.8, 4) is 0 Å². The molecule has 0 radical (unpaired) electrons. The first-order chi connectivity index (χ1) is 8.74. The standard InChI is InChI=1S/C14H26N2O2/c1-11-9-12(7-8-18-11)10-15-14(17)16-13-5-3-2-4-6-13/h11-13H,2-10H2,1H3,(H2,15,16,17). The van der Waals surface area contributed by atoms with Crippen LogP contribution >= 0.6 is 0 Å². The molecule has 18 heavy (non-hydrogen) atoms. The highest BCUT2D eigenvalue weighted by Gasteiger charge is 2.20. The Bertz CT molecular complexity index is 265. The molecule has 0 bridgehead atoms. The SMILES string of the molecule is CC1CC(CNC(=O)NC2CCCCC2)CCO1. The highest BCUT2D eigenvalue weighted by Crippen LogP contribution is 2.19. The van der Waals surface area contributed by atoms with Gasteiger partial charge >= 0.3 is 6.03 Å². The zero-order valence-corrected chi connectivity index (χ0v) is 11.4. The molecule has 0 aromatic heterocycles. The third kappa shape index (κ3) is 4.48. The second kappa shape index (κ2) is 6.98. The molecule has 2 unspecified atom stereocenters. The molecule has 1 saturated heterocycles. The molecule has 2 fully saturated rings. The van der Waals surface area contributed by atoms with E-state index in [1.165, 1.54) is 19.3 Å². The first-order valence-electron chi connectivity index (χ1n) is 7.40. The summed E-state index contributed by atoms with van der Waals surface area (Å²) in [4.78, 5) is 11.8. The van der Waals surface area contributed by atoms with Crippen LogP contribution < -0.4 is 10.6 Å². The number of amides is 2. The zero-order valence-electron chi connectivity index (χ0n) is 11.4. The summed E-state index contributed by atoms with van der Waals surface area (Å²) in [5.74, 6) is 0.575. The van der Waals surface area contributed by atoms with Crippen LogP contribution in [0, 0.1) is 5.92 Å². The van der Waals surface area contributed by atoms with E-state index in [9.17, 15) is 4.79 Å². The number of carbonyl (C=O) groups is 1. The Hall–Kier alpha value is -0.770.